The van der Waals surface area contributed by atoms with E-state index in [4.69, 9.17) is 5.73 Å². The van der Waals surface area contributed by atoms with Crippen molar-refractivity contribution >= 4 is 10.0 Å². The van der Waals surface area contributed by atoms with Crippen LogP contribution >= 0.6 is 0 Å². The fraction of sp³-hybridized carbons (Fsp3) is 0.727. The molecule has 1 aromatic heterocycles. The van der Waals surface area contributed by atoms with Crippen LogP contribution in [0.3, 0.4) is 0 Å². The molecule has 0 atom stereocenters. The lowest BCUT2D eigenvalue weighted by Crippen LogP contribution is -2.38. The zero-order valence-corrected chi connectivity index (χ0v) is 12.4. The molecule has 0 aromatic carbocycles. The molecule has 1 heterocycles. The summed E-state index contributed by atoms with van der Waals surface area (Å²) in [5.41, 5.74) is 6.46. The van der Waals surface area contributed by atoms with Gasteiger partial charge < -0.3 is 5.73 Å². The van der Waals surface area contributed by atoms with Gasteiger partial charge in [0.05, 0.1) is 11.4 Å². The smallest absolute Gasteiger partial charge is 0.244 e. The molecular formula is C11H22N4O2S. The summed E-state index contributed by atoms with van der Waals surface area (Å²) in [6, 6.07) is 0. The lowest BCUT2D eigenvalue weighted by molar-refractivity contribution is 0.376. The van der Waals surface area contributed by atoms with Gasteiger partial charge in [-0.05, 0) is 25.8 Å². The topological polar surface area (TPSA) is 90.0 Å². The summed E-state index contributed by atoms with van der Waals surface area (Å²) >= 11 is 0. The molecule has 0 fully saturated rings. The largest absolute Gasteiger partial charge is 0.330 e. The maximum absolute atomic E-state index is 12.2. The Morgan fingerprint density at radius 3 is 2.33 bits per heavy atom. The van der Waals surface area contributed by atoms with Gasteiger partial charge in [0.15, 0.2) is 0 Å². The van der Waals surface area contributed by atoms with E-state index < -0.39 is 10.0 Å². The lowest BCUT2D eigenvalue weighted by atomic mass is 9.95. The van der Waals surface area contributed by atoms with E-state index in [0.717, 1.165) is 0 Å². The number of aryl methyl sites for hydroxylation is 2. The minimum Gasteiger partial charge on any atom is -0.330 e. The van der Waals surface area contributed by atoms with Gasteiger partial charge >= 0.3 is 0 Å². The standard InChI is InChI=1S/C11H22N4O2S/c1-8-10(9(2)15(5)14-8)18(16,17)13-7-11(3,4)6-12/h13H,6-7,12H2,1-5H3. The van der Waals surface area contributed by atoms with Crippen LogP contribution in [-0.2, 0) is 17.1 Å². The predicted octanol–water partition coefficient (Wildman–Crippen LogP) is 0.300. The molecule has 3 N–H and O–H groups in total. The van der Waals surface area contributed by atoms with Crippen molar-refractivity contribution in [2.45, 2.75) is 32.6 Å². The molecule has 0 radical (unpaired) electrons. The van der Waals surface area contributed by atoms with Crippen molar-refractivity contribution in [1.29, 1.82) is 0 Å². The van der Waals surface area contributed by atoms with Gasteiger partial charge in [0.25, 0.3) is 0 Å². The average molecular weight is 274 g/mol. The summed E-state index contributed by atoms with van der Waals surface area (Å²) in [6.07, 6.45) is 0. The van der Waals surface area contributed by atoms with Crippen LogP contribution in [0.25, 0.3) is 0 Å². The third-order valence-electron chi connectivity index (χ3n) is 3.00. The molecule has 1 rings (SSSR count). The molecule has 6 nitrogen and oxygen atoms in total. The predicted molar refractivity (Wildman–Crippen MR) is 70.7 cm³/mol. The van der Waals surface area contributed by atoms with Gasteiger partial charge in [0.2, 0.25) is 10.0 Å². The Bertz CT molecular complexity index is 531. The number of nitrogens with zero attached hydrogens (tertiary/aromatic N) is 2. The Balaban J connectivity index is 3.01. The highest BCUT2D eigenvalue weighted by molar-refractivity contribution is 7.89. The number of hydrogen-bond acceptors (Lipinski definition) is 4. The second kappa shape index (κ2) is 4.99. The molecule has 0 aliphatic rings. The number of nitrogens with one attached hydrogen (secondary N) is 1. The summed E-state index contributed by atoms with van der Waals surface area (Å²) < 4.78 is 28.7. The molecule has 0 spiro atoms. The third-order valence-corrected chi connectivity index (χ3v) is 4.66. The molecule has 0 bridgehead atoms. The molecule has 0 unspecified atom stereocenters. The Hall–Kier alpha value is -0.920. The summed E-state index contributed by atoms with van der Waals surface area (Å²) in [7, 11) is -1.81. The van der Waals surface area contributed by atoms with Crippen LogP contribution < -0.4 is 10.5 Å². The average Bonchev–Trinajstić information content (AvgIpc) is 2.51. The first-order valence-corrected chi connectivity index (χ1v) is 7.29. The molecule has 104 valence electrons. The minimum atomic E-state index is -3.53. The number of aromatic nitrogens is 2. The van der Waals surface area contributed by atoms with E-state index in [2.05, 4.69) is 9.82 Å². The second-order valence-electron chi connectivity index (χ2n) is 5.32. The van der Waals surface area contributed by atoms with Gasteiger partial charge in [0.1, 0.15) is 4.90 Å². The van der Waals surface area contributed by atoms with Crippen molar-refractivity contribution < 1.29 is 8.42 Å². The van der Waals surface area contributed by atoms with Crippen molar-refractivity contribution in [2.24, 2.45) is 18.2 Å². The maximum Gasteiger partial charge on any atom is 0.244 e. The van der Waals surface area contributed by atoms with E-state index in [9.17, 15) is 8.42 Å². The molecule has 0 aliphatic carbocycles. The number of hydrogen-bond donors (Lipinski definition) is 2. The van der Waals surface area contributed by atoms with Crippen molar-refractivity contribution in [3.8, 4) is 0 Å². The van der Waals surface area contributed by atoms with Gasteiger partial charge in [-0.2, -0.15) is 5.10 Å². The first-order valence-electron chi connectivity index (χ1n) is 5.80. The van der Waals surface area contributed by atoms with E-state index >= 15 is 0 Å². The van der Waals surface area contributed by atoms with Gasteiger partial charge in [0, 0.05) is 13.6 Å². The summed E-state index contributed by atoms with van der Waals surface area (Å²) in [5, 5.41) is 4.11. The maximum atomic E-state index is 12.2. The Labute approximate surface area is 109 Å². The van der Waals surface area contributed by atoms with E-state index in [-0.39, 0.29) is 10.3 Å². The van der Waals surface area contributed by atoms with Crippen molar-refractivity contribution in [2.75, 3.05) is 13.1 Å². The van der Waals surface area contributed by atoms with Crippen LogP contribution in [0.2, 0.25) is 0 Å². The summed E-state index contributed by atoms with van der Waals surface area (Å²) in [4.78, 5) is 0.262. The normalized spacial score (nSPS) is 13.0. The van der Waals surface area contributed by atoms with Crippen LogP contribution in [0.5, 0.6) is 0 Å². The van der Waals surface area contributed by atoms with Gasteiger partial charge in [-0.1, -0.05) is 13.8 Å². The van der Waals surface area contributed by atoms with Gasteiger partial charge in [-0.3, -0.25) is 4.68 Å². The highest BCUT2D eigenvalue weighted by Crippen LogP contribution is 2.19. The quantitative estimate of drug-likeness (QED) is 0.808. The second-order valence-corrected chi connectivity index (χ2v) is 7.02. The SMILES string of the molecule is Cc1nn(C)c(C)c1S(=O)(=O)NCC(C)(C)CN. The van der Waals surface area contributed by atoms with Crippen molar-refractivity contribution in [3.05, 3.63) is 11.4 Å². The number of sulfonamides is 1. The molecular weight excluding hydrogens is 252 g/mol. The summed E-state index contributed by atoms with van der Waals surface area (Å²) in [5.74, 6) is 0. The first-order chi connectivity index (χ1) is 8.10. The van der Waals surface area contributed by atoms with Gasteiger partial charge in [-0.25, -0.2) is 13.1 Å². The summed E-state index contributed by atoms with van der Waals surface area (Å²) in [6.45, 7) is 7.98. The highest BCUT2D eigenvalue weighted by Gasteiger charge is 2.26. The van der Waals surface area contributed by atoms with Gasteiger partial charge in [-0.15, -0.1) is 0 Å². The van der Waals surface area contributed by atoms with E-state index in [1.807, 2.05) is 13.8 Å². The first kappa shape index (κ1) is 15.1. The minimum absolute atomic E-state index is 0.262. The van der Waals surface area contributed by atoms with Crippen LogP contribution in [0.4, 0.5) is 0 Å². The highest BCUT2D eigenvalue weighted by atomic mass is 32.2. The van der Waals surface area contributed by atoms with Crippen molar-refractivity contribution in [1.82, 2.24) is 14.5 Å². The lowest BCUT2D eigenvalue weighted by Gasteiger charge is -2.22. The Kier molecular flexibility index (Phi) is 4.19. The Morgan fingerprint density at radius 1 is 1.39 bits per heavy atom. The number of rotatable bonds is 5. The van der Waals surface area contributed by atoms with Crippen molar-refractivity contribution in [3.63, 3.8) is 0 Å². The van der Waals surface area contributed by atoms with Crippen LogP contribution in [0.15, 0.2) is 4.90 Å². The molecule has 7 heteroatoms. The van der Waals surface area contributed by atoms with Crippen LogP contribution in [0.1, 0.15) is 25.2 Å². The van der Waals surface area contributed by atoms with Crippen LogP contribution in [0, 0.1) is 19.3 Å². The Morgan fingerprint density at radius 2 is 1.94 bits per heavy atom. The van der Waals surface area contributed by atoms with E-state index in [0.29, 0.717) is 24.5 Å². The zero-order valence-electron chi connectivity index (χ0n) is 11.6. The molecule has 18 heavy (non-hydrogen) atoms. The molecule has 0 aliphatic heterocycles. The van der Waals surface area contributed by atoms with E-state index in [1.165, 1.54) is 0 Å². The van der Waals surface area contributed by atoms with E-state index in [1.54, 1.807) is 25.6 Å². The zero-order chi connectivity index (χ0) is 14.1. The molecule has 0 saturated heterocycles. The third kappa shape index (κ3) is 3.09. The number of nitrogens with two attached hydrogens (primary N) is 1. The fourth-order valence-electron chi connectivity index (χ4n) is 1.58. The molecule has 0 amide bonds. The fourth-order valence-corrected chi connectivity index (χ4v) is 3.25. The monoisotopic (exact) mass is 274 g/mol. The molecule has 1 aromatic rings. The van der Waals surface area contributed by atoms with Crippen LogP contribution in [-0.4, -0.2) is 31.3 Å². The molecule has 0 saturated carbocycles.